The van der Waals surface area contributed by atoms with Crippen LogP contribution in [0.15, 0.2) is 35.6 Å². The number of likely N-dealkylation sites (tertiary alicyclic amines) is 1. The Morgan fingerprint density at radius 1 is 1.28 bits per heavy atom. The van der Waals surface area contributed by atoms with Gasteiger partial charge in [0.1, 0.15) is 5.76 Å². The average molecular weight is 341 g/mol. The molecule has 3 atom stereocenters. The van der Waals surface area contributed by atoms with E-state index in [9.17, 15) is 5.11 Å². The van der Waals surface area contributed by atoms with Gasteiger partial charge in [-0.3, -0.25) is 4.90 Å². The van der Waals surface area contributed by atoms with E-state index in [0.717, 1.165) is 36.6 Å². The molecule has 0 amide bonds. The number of aliphatic hydroxyl groups excluding tert-OH is 1. The van der Waals surface area contributed by atoms with Crippen LogP contribution in [0.5, 0.6) is 11.5 Å². The van der Waals surface area contributed by atoms with Crippen molar-refractivity contribution in [1.82, 2.24) is 4.90 Å². The standard InChI is InChI=1S/C20H23NO4/c1-23-15-5-3-12-11-14-13-4-6-16(24-2)19-20(13,17(12)18(15)25-19)7-8-21(14)9-10-22/h3-6,14,19,22H,7-11H2,1-2H3/t14-,19?,20+/m0/s1. The van der Waals surface area contributed by atoms with Crippen LogP contribution in [-0.2, 0) is 16.6 Å². The lowest BCUT2D eigenvalue weighted by Crippen LogP contribution is -2.59. The molecule has 1 spiro atoms. The minimum Gasteiger partial charge on any atom is -0.497 e. The largest absolute Gasteiger partial charge is 0.497 e. The number of methoxy groups -OCH3 is 2. The smallest absolute Gasteiger partial charge is 0.169 e. The molecule has 1 fully saturated rings. The first kappa shape index (κ1) is 15.3. The average Bonchev–Trinajstić information content (AvgIpc) is 2.98. The van der Waals surface area contributed by atoms with Crippen LogP contribution in [0, 0.1) is 0 Å². The summed E-state index contributed by atoms with van der Waals surface area (Å²) in [4.78, 5) is 2.41. The van der Waals surface area contributed by atoms with E-state index < -0.39 is 0 Å². The fourth-order valence-corrected chi connectivity index (χ4v) is 5.40. The van der Waals surface area contributed by atoms with E-state index in [1.54, 1.807) is 14.2 Å². The maximum absolute atomic E-state index is 9.48. The Bertz CT molecular complexity index is 799. The van der Waals surface area contributed by atoms with E-state index in [-0.39, 0.29) is 18.1 Å². The molecule has 1 aromatic carbocycles. The van der Waals surface area contributed by atoms with Crippen LogP contribution >= 0.6 is 0 Å². The second-order valence-corrected chi connectivity index (χ2v) is 7.22. The summed E-state index contributed by atoms with van der Waals surface area (Å²) in [5.74, 6) is 2.56. The van der Waals surface area contributed by atoms with Crippen LogP contribution in [0.4, 0.5) is 0 Å². The van der Waals surface area contributed by atoms with Crippen LogP contribution in [-0.4, -0.2) is 56.1 Å². The van der Waals surface area contributed by atoms with Crippen molar-refractivity contribution in [3.8, 4) is 11.5 Å². The SMILES string of the molecule is COC1=CC=C2[C@@H]3Cc4ccc(OC)c5c4[C@]2(CCN3CCO)C1O5. The topological polar surface area (TPSA) is 51.2 Å². The van der Waals surface area contributed by atoms with Gasteiger partial charge in [0.05, 0.1) is 26.2 Å². The zero-order valence-electron chi connectivity index (χ0n) is 14.6. The maximum atomic E-state index is 9.48. The summed E-state index contributed by atoms with van der Waals surface area (Å²) in [6, 6.07) is 4.51. The second-order valence-electron chi connectivity index (χ2n) is 7.22. The van der Waals surface area contributed by atoms with Gasteiger partial charge in [-0.25, -0.2) is 0 Å². The van der Waals surface area contributed by atoms with Crippen molar-refractivity contribution in [2.75, 3.05) is 33.9 Å². The molecule has 4 aliphatic rings. The van der Waals surface area contributed by atoms with Gasteiger partial charge in [0.15, 0.2) is 17.6 Å². The van der Waals surface area contributed by atoms with Crippen LogP contribution in [0.3, 0.4) is 0 Å². The number of allylic oxidation sites excluding steroid dienone is 2. The minimum atomic E-state index is -0.159. The monoisotopic (exact) mass is 341 g/mol. The molecule has 2 aliphatic heterocycles. The molecule has 5 nitrogen and oxygen atoms in total. The number of hydrogen-bond donors (Lipinski definition) is 1. The van der Waals surface area contributed by atoms with Crippen molar-refractivity contribution >= 4 is 0 Å². The van der Waals surface area contributed by atoms with Gasteiger partial charge in [-0.05, 0) is 36.1 Å². The Balaban J connectivity index is 1.76. The first-order chi connectivity index (χ1) is 12.2. The normalized spacial score (nSPS) is 31.6. The number of β-amino-alcohol motifs (C(OH)–C–C–N with tert-alkyl or cyclic N) is 1. The molecule has 1 unspecified atom stereocenters. The van der Waals surface area contributed by atoms with Gasteiger partial charge in [-0.1, -0.05) is 12.1 Å². The number of nitrogens with zero attached hydrogens (tertiary/aromatic N) is 1. The highest BCUT2D eigenvalue weighted by Gasteiger charge is 2.62. The van der Waals surface area contributed by atoms with E-state index in [1.807, 2.05) is 6.07 Å². The molecule has 2 heterocycles. The lowest BCUT2D eigenvalue weighted by Gasteiger charge is -2.53. The van der Waals surface area contributed by atoms with E-state index in [0.29, 0.717) is 12.6 Å². The molecule has 2 aliphatic carbocycles. The summed E-state index contributed by atoms with van der Waals surface area (Å²) < 4.78 is 17.7. The second kappa shape index (κ2) is 5.26. The van der Waals surface area contributed by atoms with Crippen molar-refractivity contribution in [3.05, 3.63) is 46.7 Å². The van der Waals surface area contributed by atoms with Crippen molar-refractivity contribution < 1.29 is 19.3 Å². The zero-order valence-corrected chi connectivity index (χ0v) is 14.6. The van der Waals surface area contributed by atoms with Gasteiger partial charge in [-0.2, -0.15) is 0 Å². The molecular formula is C20H23NO4. The number of benzene rings is 1. The molecule has 1 N–H and O–H groups in total. The molecular weight excluding hydrogens is 318 g/mol. The highest BCUT2D eigenvalue weighted by molar-refractivity contribution is 5.67. The quantitative estimate of drug-likeness (QED) is 0.905. The van der Waals surface area contributed by atoms with E-state index in [4.69, 9.17) is 14.2 Å². The Hall–Kier alpha value is -1.98. The van der Waals surface area contributed by atoms with Crippen molar-refractivity contribution in [2.45, 2.75) is 30.4 Å². The summed E-state index contributed by atoms with van der Waals surface area (Å²) >= 11 is 0. The third-order valence-corrected chi connectivity index (χ3v) is 6.39. The Labute approximate surface area is 147 Å². The van der Waals surface area contributed by atoms with Crippen molar-refractivity contribution in [1.29, 1.82) is 0 Å². The zero-order chi connectivity index (χ0) is 17.2. The van der Waals surface area contributed by atoms with Gasteiger partial charge in [-0.15, -0.1) is 0 Å². The molecule has 1 aromatic rings. The van der Waals surface area contributed by atoms with Crippen LogP contribution in [0.25, 0.3) is 0 Å². The number of aliphatic hydroxyl groups is 1. The number of rotatable bonds is 4. The Morgan fingerprint density at radius 3 is 2.92 bits per heavy atom. The fraction of sp³-hybridized carbons (Fsp3) is 0.500. The Kier molecular flexibility index (Phi) is 3.21. The van der Waals surface area contributed by atoms with Crippen molar-refractivity contribution in [2.24, 2.45) is 0 Å². The van der Waals surface area contributed by atoms with E-state index in [1.165, 1.54) is 16.7 Å². The highest BCUT2D eigenvalue weighted by Crippen LogP contribution is 2.62. The lowest BCUT2D eigenvalue weighted by atomic mass is 9.57. The highest BCUT2D eigenvalue weighted by atomic mass is 16.6. The number of piperidine rings is 1. The van der Waals surface area contributed by atoms with Gasteiger partial charge in [0.2, 0.25) is 0 Å². The molecule has 0 aromatic heterocycles. The van der Waals surface area contributed by atoms with E-state index in [2.05, 4.69) is 23.1 Å². The van der Waals surface area contributed by atoms with Gasteiger partial charge >= 0.3 is 0 Å². The maximum Gasteiger partial charge on any atom is 0.169 e. The van der Waals surface area contributed by atoms with Crippen LogP contribution < -0.4 is 9.47 Å². The van der Waals surface area contributed by atoms with Crippen LogP contribution in [0.2, 0.25) is 0 Å². The predicted octanol–water partition coefficient (Wildman–Crippen LogP) is 1.79. The summed E-state index contributed by atoms with van der Waals surface area (Å²) in [5.41, 5.74) is 3.87. The molecule has 1 saturated heterocycles. The number of ether oxygens (including phenoxy) is 3. The third-order valence-electron chi connectivity index (χ3n) is 6.39. The summed E-state index contributed by atoms with van der Waals surface area (Å²) in [5, 5.41) is 9.48. The first-order valence-electron chi connectivity index (χ1n) is 8.92. The molecule has 132 valence electrons. The summed E-state index contributed by atoms with van der Waals surface area (Å²) in [6.07, 6.45) is 6.07. The van der Waals surface area contributed by atoms with E-state index >= 15 is 0 Å². The first-order valence-corrected chi connectivity index (χ1v) is 8.92. The molecule has 5 rings (SSSR count). The summed E-state index contributed by atoms with van der Waals surface area (Å²) in [6.45, 7) is 1.86. The molecule has 0 radical (unpaired) electrons. The molecule has 5 heteroatoms. The van der Waals surface area contributed by atoms with Gasteiger partial charge in [0, 0.05) is 24.7 Å². The summed E-state index contributed by atoms with van der Waals surface area (Å²) in [7, 11) is 3.41. The Morgan fingerprint density at radius 2 is 2.16 bits per heavy atom. The van der Waals surface area contributed by atoms with Gasteiger partial charge < -0.3 is 19.3 Å². The molecule has 0 saturated carbocycles. The fourth-order valence-electron chi connectivity index (χ4n) is 5.40. The predicted molar refractivity (Wildman–Crippen MR) is 93.0 cm³/mol. The minimum absolute atomic E-state index is 0.123. The third kappa shape index (κ3) is 1.75. The lowest BCUT2D eigenvalue weighted by molar-refractivity contribution is 0.0570. The molecule has 25 heavy (non-hydrogen) atoms. The van der Waals surface area contributed by atoms with Crippen molar-refractivity contribution in [3.63, 3.8) is 0 Å². The molecule has 2 bridgehead atoms. The van der Waals surface area contributed by atoms with Crippen LogP contribution in [0.1, 0.15) is 17.5 Å². The number of hydrogen-bond acceptors (Lipinski definition) is 5. The van der Waals surface area contributed by atoms with Gasteiger partial charge in [0.25, 0.3) is 0 Å².